The zero-order chi connectivity index (χ0) is 17.9. The Morgan fingerprint density at radius 1 is 1.23 bits per heavy atom. The molecule has 0 aromatic carbocycles. The van der Waals surface area contributed by atoms with Crippen molar-refractivity contribution in [3.8, 4) is 22.0 Å². The van der Waals surface area contributed by atoms with Crippen molar-refractivity contribution >= 4 is 23.3 Å². The minimum Gasteiger partial charge on any atom is -0.313 e. The fourth-order valence-corrected chi connectivity index (χ4v) is 2.88. The molecule has 4 aromatic rings. The van der Waals surface area contributed by atoms with Crippen LogP contribution < -0.4 is 10.9 Å². The van der Waals surface area contributed by atoms with Crippen molar-refractivity contribution in [1.82, 2.24) is 35.3 Å². The second-order valence-electron chi connectivity index (χ2n) is 5.18. The summed E-state index contributed by atoms with van der Waals surface area (Å²) in [5, 5.41) is 10.3. The van der Waals surface area contributed by atoms with Crippen molar-refractivity contribution in [3.63, 3.8) is 0 Å². The lowest BCUT2D eigenvalue weighted by molar-refractivity contribution is 0.0957. The van der Waals surface area contributed by atoms with Gasteiger partial charge in [0.25, 0.3) is 5.91 Å². The van der Waals surface area contributed by atoms with Crippen molar-refractivity contribution in [2.24, 2.45) is 7.05 Å². The van der Waals surface area contributed by atoms with Crippen molar-refractivity contribution in [3.05, 3.63) is 48.0 Å². The van der Waals surface area contributed by atoms with Crippen LogP contribution in [0, 0.1) is 0 Å². The molecule has 26 heavy (non-hydrogen) atoms. The van der Waals surface area contributed by atoms with Crippen LogP contribution in [0.3, 0.4) is 0 Å². The Morgan fingerprint density at radius 3 is 2.85 bits per heavy atom. The quantitative estimate of drug-likeness (QED) is 0.511. The molecule has 11 heteroatoms. The molecular weight excluding hydrogens is 356 g/mol. The van der Waals surface area contributed by atoms with E-state index in [1.807, 2.05) is 13.2 Å². The standard InChI is InChI=1S/C15H12N8O2S/c1-23-7-10(6-17-23)14-18-11(8-26-14)13(24)20-21-15-19-12(22-25-15)9-2-4-16-5-3-9/h2-8H,1H3,(H,20,24)(H,19,21,22). The number of hydrogen-bond donors (Lipinski definition) is 2. The number of carbonyl (C=O) groups excluding carboxylic acids is 1. The molecule has 0 spiro atoms. The predicted molar refractivity (Wildman–Crippen MR) is 92.9 cm³/mol. The van der Waals surface area contributed by atoms with E-state index in [9.17, 15) is 4.79 Å². The van der Waals surface area contributed by atoms with Crippen LogP contribution in [0.4, 0.5) is 6.01 Å². The minimum atomic E-state index is -0.417. The van der Waals surface area contributed by atoms with Crippen LogP contribution in [-0.2, 0) is 7.05 Å². The van der Waals surface area contributed by atoms with E-state index in [-0.39, 0.29) is 11.7 Å². The molecule has 10 nitrogen and oxygen atoms in total. The first kappa shape index (κ1) is 15.9. The first-order chi connectivity index (χ1) is 12.7. The molecular formula is C15H12N8O2S. The van der Waals surface area contributed by atoms with Gasteiger partial charge in [0, 0.05) is 42.1 Å². The third-order valence-corrected chi connectivity index (χ3v) is 4.23. The molecule has 1 amide bonds. The first-order valence-electron chi connectivity index (χ1n) is 7.44. The molecule has 0 aliphatic heterocycles. The van der Waals surface area contributed by atoms with Crippen molar-refractivity contribution in [1.29, 1.82) is 0 Å². The summed E-state index contributed by atoms with van der Waals surface area (Å²) in [4.78, 5) is 24.6. The van der Waals surface area contributed by atoms with E-state index >= 15 is 0 Å². The largest absolute Gasteiger partial charge is 0.340 e. The molecule has 0 fully saturated rings. The Labute approximate surface area is 150 Å². The summed E-state index contributed by atoms with van der Waals surface area (Å²) in [6.07, 6.45) is 6.78. The number of hydrogen-bond acceptors (Lipinski definition) is 9. The highest BCUT2D eigenvalue weighted by Crippen LogP contribution is 2.23. The van der Waals surface area contributed by atoms with Gasteiger partial charge in [-0.2, -0.15) is 10.1 Å². The number of nitrogens with one attached hydrogen (secondary N) is 2. The molecule has 4 aromatic heterocycles. The molecule has 4 rings (SSSR count). The summed E-state index contributed by atoms with van der Waals surface area (Å²) in [7, 11) is 1.82. The molecule has 0 bridgehead atoms. The number of amides is 1. The van der Waals surface area contributed by atoms with Gasteiger partial charge in [-0.3, -0.25) is 19.9 Å². The maximum atomic E-state index is 12.2. The molecule has 2 N–H and O–H groups in total. The van der Waals surface area contributed by atoms with Crippen LogP contribution in [0.1, 0.15) is 10.5 Å². The van der Waals surface area contributed by atoms with E-state index in [0.717, 1.165) is 11.1 Å². The normalized spacial score (nSPS) is 10.7. The van der Waals surface area contributed by atoms with Gasteiger partial charge in [-0.05, 0) is 12.1 Å². The number of aryl methyl sites for hydroxylation is 1. The topological polar surface area (TPSA) is 124 Å². The summed E-state index contributed by atoms with van der Waals surface area (Å²) >= 11 is 1.36. The number of hydrazine groups is 1. The zero-order valence-electron chi connectivity index (χ0n) is 13.4. The Bertz CT molecular complexity index is 1040. The Hall–Kier alpha value is -3.60. The third kappa shape index (κ3) is 3.28. The van der Waals surface area contributed by atoms with Gasteiger partial charge in [0.05, 0.1) is 6.20 Å². The Kier molecular flexibility index (Phi) is 4.11. The lowest BCUT2D eigenvalue weighted by Gasteiger charge is -2.01. The molecule has 0 radical (unpaired) electrons. The fraction of sp³-hybridized carbons (Fsp3) is 0.0667. The van der Waals surface area contributed by atoms with Crippen LogP contribution in [-0.4, -0.2) is 35.8 Å². The number of carbonyl (C=O) groups is 1. The summed E-state index contributed by atoms with van der Waals surface area (Å²) in [5.74, 6) is -0.0308. The van der Waals surface area contributed by atoms with Gasteiger partial charge in [-0.25, -0.2) is 10.4 Å². The SMILES string of the molecule is Cn1cc(-c2nc(C(=O)NNc3nc(-c4ccncc4)no3)cs2)cn1. The molecule has 0 atom stereocenters. The smallest absolute Gasteiger partial charge is 0.313 e. The third-order valence-electron chi connectivity index (χ3n) is 3.34. The second-order valence-corrected chi connectivity index (χ2v) is 6.04. The first-order valence-corrected chi connectivity index (χ1v) is 8.32. The number of pyridine rings is 1. The maximum Gasteiger partial charge on any atom is 0.340 e. The van der Waals surface area contributed by atoms with Gasteiger partial charge in [0.2, 0.25) is 5.82 Å². The van der Waals surface area contributed by atoms with Gasteiger partial charge in [-0.1, -0.05) is 5.16 Å². The van der Waals surface area contributed by atoms with E-state index in [1.54, 1.807) is 40.8 Å². The number of anilines is 1. The highest BCUT2D eigenvalue weighted by Gasteiger charge is 2.14. The number of aromatic nitrogens is 6. The molecule has 0 saturated heterocycles. The summed E-state index contributed by atoms with van der Waals surface area (Å²) in [5.41, 5.74) is 6.93. The fourth-order valence-electron chi connectivity index (χ4n) is 2.11. The molecule has 0 aliphatic rings. The predicted octanol–water partition coefficient (Wildman–Crippen LogP) is 1.75. The van der Waals surface area contributed by atoms with E-state index < -0.39 is 5.91 Å². The van der Waals surface area contributed by atoms with Crippen LogP contribution in [0.2, 0.25) is 0 Å². The average Bonchev–Trinajstić information content (AvgIpc) is 3.40. The Morgan fingerprint density at radius 2 is 2.08 bits per heavy atom. The minimum absolute atomic E-state index is 0.0628. The maximum absolute atomic E-state index is 12.2. The van der Waals surface area contributed by atoms with Crippen LogP contribution >= 0.6 is 11.3 Å². The number of nitrogens with zero attached hydrogens (tertiary/aromatic N) is 6. The van der Waals surface area contributed by atoms with Gasteiger partial charge >= 0.3 is 6.01 Å². The van der Waals surface area contributed by atoms with E-state index in [1.165, 1.54) is 11.3 Å². The molecule has 0 saturated carbocycles. The zero-order valence-corrected chi connectivity index (χ0v) is 14.3. The van der Waals surface area contributed by atoms with Crippen molar-refractivity contribution in [2.45, 2.75) is 0 Å². The number of rotatable bonds is 5. The lowest BCUT2D eigenvalue weighted by atomic mass is 10.3. The summed E-state index contributed by atoms with van der Waals surface area (Å²) < 4.78 is 6.72. The van der Waals surface area contributed by atoms with Gasteiger partial charge in [-0.15, -0.1) is 11.3 Å². The second kappa shape index (κ2) is 6.72. The molecule has 130 valence electrons. The van der Waals surface area contributed by atoms with E-state index in [0.29, 0.717) is 10.8 Å². The average molecular weight is 368 g/mol. The highest BCUT2D eigenvalue weighted by molar-refractivity contribution is 7.13. The van der Waals surface area contributed by atoms with Gasteiger partial charge < -0.3 is 4.52 Å². The van der Waals surface area contributed by atoms with Gasteiger partial charge in [0.1, 0.15) is 10.7 Å². The molecule has 0 aliphatic carbocycles. The molecule has 0 unspecified atom stereocenters. The van der Waals surface area contributed by atoms with Crippen LogP contribution in [0.25, 0.3) is 22.0 Å². The van der Waals surface area contributed by atoms with Crippen LogP contribution in [0.15, 0.2) is 46.8 Å². The summed E-state index contributed by atoms with van der Waals surface area (Å²) in [6.45, 7) is 0. The number of thiazole rings is 1. The highest BCUT2D eigenvalue weighted by atomic mass is 32.1. The van der Waals surface area contributed by atoms with Gasteiger partial charge in [0.15, 0.2) is 0 Å². The van der Waals surface area contributed by atoms with Crippen molar-refractivity contribution in [2.75, 3.05) is 5.43 Å². The van der Waals surface area contributed by atoms with E-state index in [4.69, 9.17) is 4.52 Å². The monoisotopic (exact) mass is 368 g/mol. The Balaban J connectivity index is 1.40. The lowest BCUT2D eigenvalue weighted by Crippen LogP contribution is -2.29. The van der Waals surface area contributed by atoms with E-state index in [2.05, 4.69) is 36.1 Å². The summed E-state index contributed by atoms with van der Waals surface area (Å²) in [6, 6.07) is 3.57. The van der Waals surface area contributed by atoms with Crippen molar-refractivity contribution < 1.29 is 9.32 Å². The molecule has 4 heterocycles. The van der Waals surface area contributed by atoms with Crippen LogP contribution in [0.5, 0.6) is 0 Å².